The monoisotopic (exact) mass is 585 g/mol. The van der Waals surface area contributed by atoms with Crippen molar-refractivity contribution in [2.24, 2.45) is 5.10 Å². The van der Waals surface area contributed by atoms with Gasteiger partial charge in [0.2, 0.25) is 5.82 Å². The number of hydrogen-bond acceptors (Lipinski definition) is 3. The lowest BCUT2D eigenvalue weighted by molar-refractivity contribution is -0.114. The van der Waals surface area contributed by atoms with Crippen LogP contribution >= 0.6 is 11.6 Å². The summed E-state index contributed by atoms with van der Waals surface area (Å²) >= 11 is 6.19. The van der Waals surface area contributed by atoms with Crippen LogP contribution in [0.5, 0.6) is 5.75 Å². The van der Waals surface area contributed by atoms with E-state index in [2.05, 4.69) is 5.10 Å². The number of ether oxygens (including phenoxy) is 1. The normalized spacial score (nSPS) is 14.3. The number of aromatic nitrogens is 1. The molecule has 11 heteroatoms. The summed E-state index contributed by atoms with van der Waals surface area (Å²) in [7, 11) is 0. The second-order valence-electron chi connectivity index (χ2n) is 9.31. The molecule has 0 atom stereocenters. The predicted octanol–water partition coefficient (Wildman–Crippen LogP) is 7.83. The summed E-state index contributed by atoms with van der Waals surface area (Å²) in [4.78, 5) is 13.1. The molecule has 4 aromatic rings. The number of nitrogens with zero attached hydrogens (tertiary/aromatic N) is 3. The van der Waals surface area contributed by atoms with Gasteiger partial charge in [0.15, 0.2) is 23.3 Å². The Morgan fingerprint density at radius 2 is 1.49 bits per heavy atom. The summed E-state index contributed by atoms with van der Waals surface area (Å²) in [5, 5.41) is 4.59. The van der Waals surface area contributed by atoms with Gasteiger partial charge in [-0.1, -0.05) is 29.8 Å². The van der Waals surface area contributed by atoms with E-state index in [4.69, 9.17) is 16.3 Å². The largest absolute Gasteiger partial charge is 0.489 e. The zero-order chi connectivity index (χ0) is 29.6. The van der Waals surface area contributed by atoms with Gasteiger partial charge in [0.25, 0.3) is 5.91 Å². The summed E-state index contributed by atoms with van der Waals surface area (Å²) in [5.74, 6) is -11.3. The summed E-state index contributed by atoms with van der Waals surface area (Å²) in [6.07, 6.45) is 1.47. The third-order valence-corrected chi connectivity index (χ3v) is 7.05. The van der Waals surface area contributed by atoms with E-state index >= 15 is 0 Å². The molecule has 0 fully saturated rings. The molecule has 0 unspecified atom stereocenters. The minimum atomic E-state index is -2.32. The Kier molecular flexibility index (Phi) is 7.44. The maximum absolute atomic E-state index is 14.4. The van der Waals surface area contributed by atoms with Crippen molar-refractivity contribution in [3.8, 4) is 11.4 Å². The van der Waals surface area contributed by atoms with Crippen molar-refractivity contribution in [2.45, 2.75) is 27.4 Å². The molecule has 0 spiro atoms. The Morgan fingerprint density at radius 1 is 0.878 bits per heavy atom. The van der Waals surface area contributed by atoms with E-state index in [1.807, 2.05) is 60.9 Å². The highest BCUT2D eigenvalue weighted by molar-refractivity contribution is 6.32. The first-order valence-electron chi connectivity index (χ1n) is 12.3. The molecule has 0 aliphatic carbocycles. The Morgan fingerprint density at radius 3 is 2.12 bits per heavy atom. The van der Waals surface area contributed by atoms with Crippen molar-refractivity contribution in [3.63, 3.8) is 0 Å². The first kappa shape index (κ1) is 28.1. The number of hydrazone groups is 1. The molecule has 0 bridgehead atoms. The molecule has 41 heavy (non-hydrogen) atoms. The van der Waals surface area contributed by atoms with Gasteiger partial charge in [-0.15, -0.1) is 0 Å². The van der Waals surface area contributed by atoms with Crippen LogP contribution in [-0.2, 0) is 11.4 Å². The van der Waals surface area contributed by atoms with Gasteiger partial charge in [0, 0.05) is 27.7 Å². The smallest absolute Gasteiger partial charge is 0.280 e. The van der Waals surface area contributed by atoms with Gasteiger partial charge in [-0.25, -0.2) is 22.0 Å². The molecule has 210 valence electrons. The number of carbonyl (C=O) groups excluding carboxylic acids is 1. The summed E-state index contributed by atoms with van der Waals surface area (Å²) in [6, 6.07) is 16.5. The fourth-order valence-corrected chi connectivity index (χ4v) is 4.76. The van der Waals surface area contributed by atoms with Crippen LogP contribution in [0.15, 0.2) is 65.3 Å². The summed E-state index contributed by atoms with van der Waals surface area (Å²) < 4.78 is 77.6. The fourth-order valence-electron chi connectivity index (χ4n) is 4.57. The van der Waals surface area contributed by atoms with Crippen LogP contribution in [0, 0.1) is 42.9 Å². The first-order chi connectivity index (χ1) is 19.5. The number of amides is 1. The van der Waals surface area contributed by atoms with E-state index < -0.39 is 40.7 Å². The zero-order valence-electron chi connectivity index (χ0n) is 21.9. The second-order valence-corrected chi connectivity index (χ2v) is 9.72. The van der Waals surface area contributed by atoms with Gasteiger partial charge in [-0.3, -0.25) is 4.79 Å². The SMILES string of the molecule is CC1=NN(c2c(F)c(F)c(F)c(F)c2F)C(=O)/C1=C\c1cc(C)n(-c2ccc(OCc3ccccc3Cl)cc2)c1C. The van der Waals surface area contributed by atoms with Crippen molar-refractivity contribution in [2.75, 3.05) is 5.01 Å². The third-order valence-electron chi connectivity index (χ3n) is 6.68. The van der Waals surface area contributed by atoms with E-state index in [1.165, 1.54) is 13.0 Å². The van der Waals surface area contributed by atoms with Crippen molar-refractivity contribution >= 4 is 35.0 Å². The van der Waals surface area contributed by atoms with Gasteiger partial charge in [0.1, 0.15) is 18.0 Å². The van der Waals surface area contributed by atoms with Crippen molar-refractivity contribution < 1.29 is 31.5 Å². The number of hydrogen-bond donors (Lipinski definition) is 0. The van der Waals surface area contributed by atoms with E-state index in [0.717, 1.165) is 22.6 Å². The molecule has 1 amide bonds. The van der Waals surface area contributed by atoms with E-state index in [1.54, 1.807) is 12.1 Å². The van der Waals surface area contributed by atoms with Crippen molar-refractivity contribution in [1.29, 1.82) is 0 Å². The summed E-state index contributed by atoms with van der Waals surface area (Å²) in [5.41, 5.74) is 2.36. The number of rotatable bonds is 6. The lowest BCUT2D eigenvalue weighted by atomic mass is 10.1. The molecule has 0 saturated heterocycles. The Hall–Kier alpha value is -4.44. The highest BCUT2D eigenvalue weighted by Crippen LogP contribution is 2.34. The third kappa shape index (κ3) is 4.99. The predicted molar refractivity (Wildman–Crippen MR) is 146 cm³/mol. The highest BCUT2D eigenvalue weighted by atomic mass is 35.5. The molecule has 1 aromatic heterocycles. The number of carbonyl (C=O) groups is 1. The van der Waals surface area contributed by atoms with E-state index in [-0.39, 0.29) is 16.3 Å². The molecular formula is C30H21ClF5N3O2. The van der Waals surface area contributed by atoms with Crippen molar-refractivity contribution in [1.82, 2.24) is 4.57 Å². The lowest BCUT2D eigenvalue weighted by Gasteiger charge is -2.15. The molecule has 0 radical (unpaired) electrons. The number of aryl methyl sites for hydroxylation is 1. The molecule has 1 aliphatic heterocycles. The Labute approximate surface area is 236 Å². The van der Waals surface area contributed by atoms with Crippen LogP contribution in [0.1, 0.15) is 29.4 Å². The van der Waals surface area contributed by atoms with E-state index in [9.17, 15) is 26.7 Å². The molecule has 2 heterocycles. The average molecular weight is 586 g/mol. The van der Waals surface area contributed by atoms with E-state index in [0.29, 0.717) is 22.9 Å². The molecule has 5 rings (SSSR count). The fraction of sp³-hybridized carbons (Fsp3) is 0.133. The van der Waals surface area contributed by atoms with Gasteiger partial charge >= 0.3 is 0 Å². The van der Waals surface area contributed by atoms with Gasteiger partial charge in [-0.05, 0) is 68.8 Å². The topological polar surface area (TPSA) is 46.8 Å². The van der Waals surface area contributed by atoms with Crippen LogP contribution < -0.4 is 9.75 Å². The number of anilines is 1. The first-order valence-corrected chi connectivity index (χ1v) is 12.7. The maximum Gasteiger partial charge on any atom is 0.280 e. The molecule has 3 aromatic carbocycles. The Bertz CT molecular complexity index is 1730. The van der Waals surface area contributed by atoms with Gasteiger partial charge in [0.05, 0.1) is 11.3 Å². The highest BCUT2D eigenvalue weighted by Gasteiger charge is 2.37. The number of halogens is 6. The van der Waals surface area contributed by atoms with Crippen LogP contribution in [0.2, 0.25) is 5.02 Å². The minimum Gasteiger partial charge on any atom is -0.489 e. The lowest BCUT2D eigenvalue weighted by Crippen LogP contribution is -2.25. The Balaban J connectivity index is 1.41. The molecular weight excluding hydrogens is 565 g/mol. The molecule has 5 nitrogen and oxygen atoms in total. The molecule has 0 saturated carbocycles. The van der Waals surface area contributed by atoms with Crippen LogP contribution in [0.4, 0.5) is 27.6 Å². The van der Waals surface area contributed by atoms with Crippen LogP contribution in [0.3, 0.4) is 0 Å². The van der Waals surface area contributed by atoms with Crippen LogP contribution in [0.25, 0.3) is 11.8 Å². The number of benzene rings is 3. The maximum atomic E-state index is 14.4. The standard InChI is InChI=1S/C30H21ClF5N3O2/c1-15-12-19(13-22-16(2)37-39(30(22)40)29-27(35)25(33)24(32)26(34)28(29)36)17(3)38(15)20-8-10-21(11-9-20)41-14-18-6-4-5-7-23(18)31/h4-13H,14H2,1-3H3/b22-13-. The molecule has 1 aliphatic rings. The van der Waals surface area contributed by atoms with Gasteiger partial charge < -0.3 is 9.30 Å². The minimum absolute atomic E-state index is 0.0452. The van der Waals surface area contributed by atoms with Crippen molar-refractivity contribution in [3.05, 3.63) is 117 Å². The summed E-state index contributed by atoms with van der Waals surface area (Å²) in [6.45, 7) is 5.37. The van der Waals surface area contributed by atoms with Crippen LogP contribution in [-0.4, -0.2) is 16.2 Å². The molecule has 0 N–H and O–H groups in total. The quantitative estimate of drug-likeness (QED) is 0.100. The van der Waals surface area contributed by atoms with Gasteiger partial charge in [-0.2, -0.15) is 10.1 Å². The zero-order valence-corrected chi connectivity index (χ0v) is 22.7. The average Bonchev–Trinajstić information content (AvgIpc) is 3.39. The second kappa shape index (κ2) is 10.9.